The predicted octanol–water partition coefficient (Wildman–Crippen LogP) is 3.49. The van der Waals surface area contributed by atoms with Crippen molar-refractivity contribution in [3.05, 3.63) is 71.7 Å². The van der Waals surface area contributed by atoms with Crippen molar-refractivity contribution in [1.82, 2.24) is 24.6 Å². The Bertz CT molecular complexity index is 1110. The molecule has 7 nitrogen and oxygen atoms in total. The van der Waals surface area contributed by atoms with Gasteiger partial charge in [0.15, 0.2) is 5.82 Å². The van der Waals surface area contributed by atoms with Crippen LogP contribution in [0.2, 0.25) is 0 Å². The first-order chi connectivity index (χ1) is 17.1. The molecule has 35 heavy (non-hydrogen) atoms. The van der Waals surface area contributed by atoms with E-state index in [1.807, 2.05) is 22.9 Å². The number of anilines is 1. The minimum Gasteiger partial charge on any atom is -0.366 e. The molecule has 0 unspecified atom stereocenters. The molecule has 0 bridgehead atoms. The van der Waals surface area contributed by atoms with Crippen molar-refractivity contribution < 1.29 is 4.79 Å². The van der Waals surface area contributed by atoms with Crippen LogP contribution in [0.25, 0.3) is 5.82 Å². The number of amides is 1. The molecule has 0 saturated carbocycles. The van der Waals surface area contributed by atoms with E-state index < -0.39 is 0 Å². The molecule has 0 aliphatic carbocycles. The third-order valence-corrected chi connectivity index (χ3v) is 7.50. The Hall–Kier alpha value is -3.19. The second kappa shape index (κ2) is 10.6. The van der Waals surface area contributed by atoms with Gasteiger partial charge in [0.1, 0.15) is 0 Å². The summed E-state index contributed by atoms with van der Waals surface area (Å²) >= 11 is 0. The quantitative estimate of drug-likeness (QED) is 0.550. The van der Waals surface area contributed by atoms with Crippen LogP contribution in [0.4, 0.5) is 5.69 Å². The fourth-order valence-electron chi connectivity index (χ4n) is 5.55. The zero-order chi connectivity index (χ0) is 24.2. The molecule has 2 saturated heterocycles. The molecule has 2 aromatic heterocycles. The van der Waals surface area contributed by atoms with Crippen LogP contribution in [0.3, 0.4) is 0 Å². The number of piperidine rings is 1. The first-order valence-corrected chi connectivity index (χ1v) is 12.8. The number of aryl methyl sites for hydroxylation is 1. The van der Waals surface area contributed by atoms with Crippen molar-refractivity contribution >= 4 is 11.6 Å². The number of hydrogen-bond donors (Lipinski definition) is 0. The fraction of sp³-hybridized carbons (Fsp3) is 0.464. The summed E-state index contributed by atoms with van der Waals surface area (Å²) in [6, 6.07) is 16.6. The lowest BCUT2D eigenvalue weighted by atomic mass is 9.90. The van der Waals surface area contributed by atoms with Crippen LogP contribution < -0.4 is 4.90 Å². The standard InChI is InChI=1S/C28H36N6O/c1-22-28(23(2)34(30-22)26-10-6-7-13-29-26)33-18-16-31(17-19-33)21-27(35)32-14-11-25(12-15-32)20-24-8-4-3-5-9-24/h3-10,13,25H,11-12,14-21H2,1-2H3. The smallest absolute Gasteiger partial charge is 0.236 e. The van der Waals surface area contributed by atoms with E-state index in [0.717, 1.165) is 75.7 Å². The summed E-state index contributed by atoms with van der Waals surface area (Å²) in [5, 5.41) is 4.75. The van der Waals surface area contributed by atoms with E-state index in [2.05, 4.69) is 63.9 Å². The highest BCUT2D eigenvalue weighted by atomic mass is 16.2. The van der Waals surface area contributed by atoms with Gasteiger partial charge in [-0.2, -0.15) is 5.10 Å². The van der Waals surface area contributed by atoms with Crippen LogP contribution in [-0.2, 0) is 11.2 Å². The zero-order valence-electron chi connectivity index (χ0n) is 20.9. The molecular weight excluding hydrogens is 436 g/mol. The van der Waals surface area contributed by atoms with E-state index in [1.165, 1.54) is 11.3 Å². The average Bonchev–Trinajstić information content (AvgIpc) is 3.20. The molecule has 7 heteroatoms. The topological polar surface area (TPSA) is 57.5 Å². The molecule has 0 N–H and O–H groups in total. The lowest BCUT2D eigenvalue weighted by Gasteiger charge is -2.38. The van der Waals surface area contributed by atoms with Crippen LogP contribution in [0.15, 0.2) is 54.7 Å². The summed E-state index contributed by atoms with van der Waals surface area (Å²) in [4.78, 5) is 24.3. The summed E-state index contributed by atoms with van der Waals surface area (Å²) in [6.45, 7) is 10.1. The van der Waals surface area contributed by atoms with Crippen molar-refractivity contribution in [3.8, 4) is 5.82 Å². The van der Waals surface area contributed by atoms with Crippen molar-refractivity contribution in [2.75, 3.05) is 50.7 Å². The van der Waals surface area contributed by atoms with E-state index in [4.69, 9.17) is 5.10 Å². The molecule has 2 fully saturated rings. The number of rotatable bonds is 6. The van der Waals surface area contributed by atoms with Gasteiger partial charge in [-0.25, -0.2) is 9.67 Å². The SMILES string of the molecule is Cc1nn(-c2ccccn2)c(C)c1N1CCN(CC(=O)N2CCC(Cc3ccccc3)CC2)CC1. The van der Waals surface area contributed by atoms with Crippen LogP contribution in [-0.4, -0.2) is 76.3 Å². The third-order valence-electron chi connectivity index (χ3n) is 7.50. The number of piperazine rings is 1. The average molecular weight is 473 g/mol. The Kier molecular flexibility index (Phi) is 7.13. The van der Waals surface area contributed by atoms with Crippen molar-refractivity contribution in [2.45, 2.75) is 33.1 Å². The van der Waals surface area contributed by atoms with Gasteiger partial charge in [-0.05, 0) is 56.7 Å². The maximum atomic E-state index is 13.0. The number of carbonyl (C=O) groups excluding carboxylic acids is 1. The lowest BCUT2D eigenvalue weighted by molar-refractivity contribution is -0.133. The molecule has 3 aromatic rings. The summed E-state index contributed by atoms with van der Waals surface area (Å²) in [6.07, 6.45) is 5.13. The number of carbonyl (C=O) groups is 1. The summed E-state index contributed by atoms with van der Waals surface area (Å²) < 4.78 is 1.93. The van der Waals surface area contributed by atoms with Gasteiger partial charge >= 0.3 is 0 Å². The van der Waals surface area contributed by atoms with Gasteiger partial charge in [0.05, 0.1) is 23.6 Å². The molecule has 0 radical (unpaired) electrons. The van der Waals surface area contributed by atoms with Gasteiger partial charge in [0.25, 0.3) is 0 Å². The molecule has 1 amide bonds. The number of nitrogens with zero attached hydrogens (tertiary/aromatic N) is 6. The highest BCUT2D eigenvalue weighted by molar-refractivity contribution is 5.78. The van der Waals surface area contributed by atoms with Crippen molar-refractivity contribution in [2.24, 2.45) is 5.92 Å². The molecule has 2 aliphatic heterocycles. The van der Waals surface area contributed by atoms with E-state index >= 15 is 0 Å². The van der Waals surface area contributed by atoms with Gasteiger partial charge in [-0.1, -0.05) is 36.4 Å². The Labute approximate surface area is 208 Å². The highest BCUT2D eigenvalue weighted by Gasteiger charge is 2.27. The van der Waals surface area contributed by atoms with Crippen molar-refractivity contribution in [3.63, 3.8) is 0 Å². The van der Waals surface area contributed by atoms with Crippen LogP contribution in [0.5, 0.6) is 0 Å². The fourth-order valence-corrected chi connectivity index (χ4v) is 5.55. The minimum absolute atomic E-state index is 0.284. The van der Waals surface area contributed by atoms with E-state index in [-0.39, 0.29) is 5.91 Å². The van der Waals surface area contributed by atoms with Gasteiger partial charge in [-0.15, -0.1) is 0 Å². The highest BCUT2D eigenvalue weighted by Crippen LogP contribution is 2.27. The molecule has 184 valence electrons. The first-order valence-electron chi connectivity index (χ1n) is 12.8. The molecular formula is C28H36N6O. The number of pyridine rings is 1. The number of benzene rings is 1. The lowest BCUT2D eigenvalue weighted by Crippen LogP contribution is -2.51. The van der Waals surface area contributed by atoms with E-state index in [9.17, 15) is 4.79 Å². The van der Waals surface area contributed by atoms with Crippen LogP contribution in [0.1, 0.15) is 29.8 Å². The first kappa shape index (κ1) is 23.5. The van der Waals surface area contributed by atoms with Gasteiger partial charge in [-0.3, -0.25) is 9.69 Å². The van der Waals surface area contributed by atoms with Gasteiger partial charge in [0, 0.05) is 45.5 Å². The largest absolute Gasteiger partial charge is 0.366 e. The molecule has 0 spiro atoms. The Morgan fingerprint density at radius 2 is 1.63 bits per heavy atom. The monoisotopic (exact) mass is 472 g/mol. The number of hydrogen-bond acceptors (Lipinski definition) is 5. The third kappa shape index (κ3) is 5.40. The summed E-state index contributed by atoms with van der Waals surface area (Å²) in [5.41, 5.74) is 4.74. The molecule has 0 atom stereocenters. The van der Waals surface area contributed by atoms with Crippen LogP contribution in [0, 0.1) is 19.8 Å². The molecule has 1 aromatic carbocycles. The Morgan fingerprint density at radius 1 is 0.914 bits per heavy atom. The van der Waals surface area contributed by atoms with Crippen molar-refractivity contribution in [1.29, 1.82) is 0 Å². The Morgan fingerprint density at radius 3 is 2.31 bits per heavy atom. The zero-order valence-corrected chi connectivity index (χ0v) is 20.9. The normalized spacial score (nSPS) is 17.7. The Balaban J connectivity index is 1.11. The second-order valence-corrected chi connectivity index (χ2v) is 9.90. The van der Waals surface area contributed by atoms with E-state index in [0.29, 0.717) is 12.5 Å². The van der Waals surface area contributed by atoms with Gasteiger partial charge < -0.3 is 9.80 Å². The maximum absolute atomic E-state index is 13.0. The number of aromatic nitrogens is 3. The predicted molar refractivity (Wildman–Crippen MR) is 139 cm³/mol. The summed E-state index contributed by atoms with van der Waals surface area (Å²) in [7, 11) is 0. The molecule has 2 aliphatic rings. The summed E-state index contributed by atoms with van der Waals surface area (Å²) in [5.74, 6) is 1.81. The van der Waals surface area contributed by atoms with Gasteiger partial charge in [0.2, 0.25) is 5.91 Å². The minimum atomic E-state index is 0.284. The number of likely N-dealkylation sites (tertiary alicyclic amines) is 1. The van der Waals surface area contributed by atoms with E-state index in [1.54, 1.807) is 6.20 Å². The second-order valence-electron chi connectivity index (χ2n) is 9.90. The van der Waals surface area contributed by atoms with Crippen LogP contribution >= 0.6 is 0 Å². The molecule has 5 rings (SSSR count). The maximum Gasteiger partial charge on any atom is 0.236 e. The molecule has 4 heterocycles.